The Labute approximate surface area is 249 Å². The van der Waals surface area contributed by atoms with Gasteiger partial charge in [-0.1, -0.05) is 33.8 Å². The third kappa shape index (κ3) is 5.39. The number of nitro groups is 1. The third-order valence-corrected chi connectivity index (χ3v) is 8.79. The van der Waals surface area contributed by atoms with Gasteiger partial charge < -0.3 is 9.64 Å². The number of carbonyl (C=O) groups excluding carboxylic acids is 2. The maximum Gasteiger partial charge on any atom is 0.416 e. The van der Waals surface area contributed by atoms with Crippen molar-refractivity contribution in [3.05, 3.63) is 84.7 Å². The molecule has 3 aliphatic rings. The first-order chi connectivity index (χ1) is 19.4. The molecule has 0 atom stereocenters. The molecule has 0 unspecified atom stereocenters. The van der Waals surface area contributed by atoms with E-state index in [1.165, 1.54) is 6.07 Å². The highest BCUT2D eigenvalue weighted by Crippen LogP contribution is 2.54. The SMILES string of the molecule is CN1C2=C(C(=O)CC(C)(C)C2)C(c2ccc(Oc3ccc(C(F)(F)F)cc3[N+](=O)[O-])c(Br)c2)C2=C1CC(C)(C)CC2=O. The summed E-state index contributed by atoms with van der Waals surface area (Å²) in [6, 6.07) is 7.01. The number of rotatable bonds is 4. The monoisotopic (exact) mass is 646 g/mol. The van der Waals surface area contributed by atoms with E-state index in [0.717, 1.165) is 23.5 Å². The van der Waals surface area contributed by atoms with Gasteiger partial charge in [-0.3, -0.25) is 19.7 Å². The highest BCUT2D eigenvalue weighted by Gasteiger charge is 2.48. The lowest BCUT2D eigenvalue weighted by atomic mass is 9.64. The summed E-state index contributed by atoms with van der Waals surface area (Å²) in [5.74, 6) is -0.849. The number of benzene rings is 2. The zero-order chi connectivity index (χ0) is 30.9. The van der Waals surface area contributed by atoms with Gasteiger partial charge in [-0.25, -0.2) is 0 Å². The van der Waals surface area contributed by atoms with Crippen molar-refractivity contribution in [1.82, 2.24) is 4.90 Å². The summed E-state index contributed by atoms with van der Waals surface area (Å²) in [5.41, 5.74) is 1.21. The highest BCUT2D eigenvalue weighted by atomic mass is 79.9. The number of nitro benzene ring substituents is 1. The first-order valence-electron chi connectivity index (χ1n) is 13.5. The second kappa shape index (κ2) is 10.1. The van der Waals surface area contributed by atoms with Crippen LogP contribution < -0.4 is 4.74 Å². The fourth-order valence-corrected chi connectivity index (χ4v) is 6.80. The first kappa shape index (κ1) is 30.0. The third-order valence-electron chi connectivity index (χ3n) is 8.17. The van der Waals surface area contributed by atoms with Crippen molar-refractivity contribution >= 4 is 33.2 Å². The van der Waals surface area contributed by atoms with Gasteiger partial charge in [0.15, 0.2) is 11.6 Å². The summed E-state index contributed by atoms with van der Waals surface area (Å²) in [5, 5.41) is 11.6. The molecule has 0 saturated carbocycles. The molecular formula is C31H30BrF3N2O5. The summed E-state index contributed by atoms with van der Waals surface area (Å²) in [6.45, 7) is 8.22. The molecule has 0 radical (unpaired) electrons. The van der Waals surface area contributed by atoms with Gasteiger partial charge in [0, 0.05) is 54.4 Å². The Morgan fingerprint density at radius 1 is 0.905 bits per heavy atom. The van der Waals surface area contributed by atoms with Crippen molar-refractivity contribution in [1.29, 1.82) is 0 Å². The molecule has 222 valence electrons. The van der Waals surface area contributed by atoms with Crippen molar-refractivity contribution in [2.24, 2.45) is 10.8 Å². The molecule has 0 N–H and O–H groups in total. The molecule has 42 heavy (non-hydrogen) atoms. The predicted molar refractivity (Wildman–Crippen MR) is 153 cm³/mol. The van der Waals surface area contributed by atoms with E-state index in [1.54, 1.807) is 12.1 Å². The molecule has 7 nitrogen and oxygen atoms in total. The number of allylic oxidation sites excluding steroid dienone is 4. The maximum absolute atomic E-state index is 13.7. The Balaban J connectivity index is 1.59. The van der Waals surface area contributed by atoms with Gasteiger partial charge in [-0.05, 0) is 69.4 Å². The summed E-state index contributed by atoms with van der Waals surface area (Å²) in [7, 11) is 1.92. The molecule has 0 amide bonds. The average molecular weight is 647 g/mol. The van der Waals surface area contributed by atoms with E-state index in [4.69, 9.17) is 4.74 Å². The van der Waals surface area contributed by atoms with Gasteiger partial charge >= 0.3 is 11.9 Å². The van der Waals surface area contributed by atoms with Crippen LogP contribution in [0.15, 0.2) is 63.4 Å². The minimum absolute atomic E-state index is 0.0147. The Morgan fingerprint density at radius 3 is 1.90 bits per heavy atom. The summed E-state index contributed by atoms with van der Waals surface area (Å²) in [6.07, 6.45) is -2.71. The van der Waals surface area contributed by atoms with E-state index < -0.39 is 28.3 Å². The summed E-state index contributed by atoms with van der Waals surface area (Å²) >= 11 is 3.45. The number of halogens is 4. The van der Waals surface area contributed by atoms with Gasteiger partial charge in [0.05, 0.1) is 15.0 Å². The molecule has 1 aliphatic heterocycles. The number of Topliss-reactive ketones (excluding diaryl/α,β-unsaturated/α-hetero) is 2. The van der Waals surface area contributed by atoms with Crippen molar-refractivity contribution in [3.8, 4) is 11.5 Å². The lowest BCUT2D eigenvalue weighted by Gasteiger charge is -2.47. The molecule has 11 heteroatoms. The molecule has 2 aromatic rings. The van der Waals surface area contributed by atoms with Crippen LogP contribution in [0.5, 0.6) is 11.5 Å². The summed E-state index contributed by atoms with van der Waals surface area (Å²) < 4.78 is 45.5. The van der Waals surface area contributed by atoms with Gasteiger partial charge in [0.2, 0.25) is 5.75 Å². The Kier molecular flexibility index (Phi) is 7.19. The van der Waals surface area contributed by atoms with E-state index >= 15 is 0 Å². The van der Waals surface area contributed by atoms with Gasteiger partial charge in [-0.2, -0.15) is 13.2 Å². The summed E-state index contributed by atoms with van der Waals surface area (Å²) in [4.78, 5) is 40.0. The van der Waals surface area contributed by atoms with Gasteiger partial charge in [-0.15, -0.1) is 0 Å². The van der Waals surface area contributed by atoms with Crippen LogP contribution >= 0.6 is 15.9 Å². The van der Waals surface area contributed by atoms with Crippen molar-refractivity contribution in [2.75, 3.05) is 7.05 Å². The molecule has 2 aliphatic carbocycles. The first-order valence-corrected chi connectivity index (χ1v) is 14.3. The fraction of sp³-hybridized carbons (Fsp3) is 0.419. The number of ketones is 2. The predicted octanol–water partition coefficient (Wildman–Crippen LogP) is 8.48. The van der Waals surface area contributed by atoms with E-state index in [0.29, 0.717) is 52.9 Å². The second-order valence-electron chi connectivity index (χ2n) is 12.8. The second-order valence-corrected chi connectivity index (χ2v) is 13.7. The van der Waals surface area contributed by atoms with Crippen molar-refractivity contribution in [3.63, 3.8) is 0 Å². The topological polar surface area (TPSA) is 89.8 Å². The van der Waals surface area contributed by atoms with Crippen LogP contribution in [0.4, 0.5) is 18.9 Å². The van der Waals surface area contributed by atoms with Crippen LogP contribution in [0, 0.1) is 20.9 Å². The number of carbonyl (C=O) groups is 2. The lowest BCUT2D eigenvalue weighted by Crippen LogP contribution is -2.43. The van der Waals surface area contributed by atoms with Crippen LogP contribution in [0.1, 0.15) is 70.4 Å². The molecule has 5 rings (SSSR count). The molecule has 1 heterocycles. The molecule has 0 aromatic heterocycles. The van der Waals surface area contributed by atoms with Crippen LogP contribution in [0.3, 0.4) is 0 Å². The normalized spacial score (nSPS) is 20.5. The van der Waals surface area contributed by atoms with Crippen LogP contribution in [0.25, 0.3) is 0 Å². The lowest BCUT2D eigenvalue weighted by molar-refractivity contribution is -0.385. The van der Waals surface area contributed by atoms with E-state index in [-0.39, 0.29) is 33.9 Å². The highest BCUT2D eigenvalue weighted by molar-refractivity contribution is 9.10. The number of alkyl halides is 3. The van der Waals surface area contributed by atoms with E-state index in [9.17, 15) is 32.9 Å². The van der Waals surface area contributed by atoms with Gasteiger partial charge in [0.25, 0.3) is 0 Å². The Bertz CT molecular complexity index is 1550. The zero-order valence-corrected chi connectivity index (χ0v) is 25.4. The van der Waals surface area contributed by atoms with Gasteiger partial charge in [0.1, 0.15) is 5.75 Å². The van der Waals surface area contributed by atoms with Crippen molar-refractivity contribution in [2.45, 2.75) is 65.5 Å². The molecule has 0 fully saturated rings. The Hall–Kier alpha value is -3.47. The van der Waals surface area contributed by atoms with E-state index in [2.05, 4.69) is 43.6 Å². The number of hydrogen-bond donors (Lipinski definition) is 0. The fourth-order valence-electron chi connectivity index (χ4n) is 6.32. The smallest absolute Gasteiger partial charge is 0.416 e. The average Bonchev–Trinajstić information content (AvgIpc) is 2.84. The van der Waals surface area contributed by atoms with Crippen LogP contribution in [-0.2, 0) is 15.8 Å². The van der Waals surface area contributed by atoms with Crippen LogP contribution in [-0.4, -0.2) is 28.4 Å². The Morgan fingerprint density at radius 2 is 1.43 bits per heavy atom. The number of nitrogens with zero attached hydrogens (tertiary/aromatic N) is 2. The standard InChI is InChI=1S/C31H30BrF3N2O5/c1-29(2)12-20-27(22(38)14-29)26(28-21(36(20)5)13-30(3,4)15-23(28)39)16-6-8-24(18(32)10-16)42-25-9-7-17(31(33,34)35)11-19(25)37(40)41/h6-11,26H,12-15H2,1-5H3. The quantitative estimate of drug-likeness (QED) is 0.244. The minimum Gasteiger partial charge on any atom is -0.449 e. The maximum atomic E-state index is 13.7. The largest absolute Gasteiger partial charge is 0.449 e. The minimum atomic E-state index is -4.75. The van der Waals surface area contributed by atoms with Crippen molar-refractivity contribution < 1.29 is 32.4 Å². The van der Waals surface area contributed by atoms with Crippen LogP contribution in [0.2, 0.25) is 0 Å². The zero-order valence-electron chi connectivity index (χ0n) is 23.8. The number of ether oxygens (including phenoxy) is 1. The molecule has 0 bridgehead atoms. The van der Waals surface area contributed by atoms with E-state index in [1.807, 2.05) is 11.9 Å². The molecule has 0 saturated heterocycles. The molecule has 2 aromatic carbocycles. The number of hydrogen-bond acceptors (Lipinski definition) is 6. The molecule has 0 spiro atoms. The molecular weight excluding hydrogens is 617 g/mol.